The van der Waals surface area contributed by atoms with Gasteiger partial charge in [-0.15, -0.1) is 5.73 Å². The van der Waals surface area contributed by atoms with Crippen LogP contribution in [0.5, 0.6) is 0 Å². The van der Waals surface area contributed by atoms with Crippen molar-refractivity contribution < 1.29 is 73.8 Å². The number of esters is 2. The molecule has 0 aromatic heterocycles. The molecule has 2 saturated heterocycles. The zero-order chi connectivity index (χ0) is 53.9. The minimum Gasteiger partial charge on any atom is -0.462 e. The lowest BCUT2D eigenvalue weighted by Gasteiger charge is -2.42. The number of ether oxygens (including phenoxy) is 6. The highest BCUT2D eigenvalue weighted by molar-refractivity contribution is 5.70. The summed E-state index contributed by atoms with van der Waals surface area (Å²) in [6.45, 7) is 2.54. The molecule has 74 heavy (non-hydrogen) atoms. The molecule has 7 N–H and O–H groups in total. The maximum atomic E-state index is 13.0. The molecule has 0 bridgehead atoms. The molecule has 0 spiro atoms. The second kappa shape index (κ2) is 45.5. The van der Waals surface area contributed by atoms with Gasteiger partial charge < -0.3 is 64.2 Å². The number of carbonyl (C=O) groups excluding carboxylic acids is 2. The molecule has 4 unspecified atom stereocenters. The van der Waals surface area contributed by atoms with Crippen LogP contribution in [-0.4, -0.2) is 142 Å². The highest BCUT2D eigenvalue weighted by Gasteiger charge is 2.47. The first kappa shape index (κ1) is 67.6. The molecular weight excluding hydrogens is 949 g/mol. The van der Waals surface area contributed by atoms with E-state index in [2.05, 4.69) is 56.0 Å². The van der Waals surface area contributed by atoms with Gasteiger partial charge in [-0.1, -0.05) is 167 Å². The largest absolute Gasteiger partial charge is 0.462 e. The van der Waals surface area contributed by atoms with E-state index in [1.807, 2.05) is 0 Å². The first-order valence-corrected chi connectivity index (χ1v) is 29.3. The normalized spacial score (nSPS) is 24.6. The van der Waals surface area contributed by atoms with Crippen molar-refractivity contribution in [2.45, 2.75) is 293 Å². The third-order valence-corrected chi connectivity index (χ3v) is 13.8. The van der Waals surface area contributed by atoms with E-state index in [1.54, 1.807) is 0 Å². The van der Waals surface area contributed by atoms with Gasteiger partial charge in [-0.3, -0.25) is 9.59 Å². The van der Waals surface area contributed by atoms with Gasteiger partial charge in [-0.25, -0.2) is 0 Å². The van der Waals surface area contributed by atoms with Gasteiger partial charge >= 0.3 is 11.9 Å². The molecule has 0 saturated carbocycles. The van der Waals surface area contributed by atoms with Gasteiger partial charge in [-0.2, -0.15) is 0 Å². The number of hydrogen-bond acceptors (Lipinski definition) is 15. The van der Waals surface area contributed by atoms with Crippen LogP contribution < -0.4 is 0 Å². The van der Waals surface area contributed by atoms with Crippen molar-refractivity contribution in [3.8, 4) is 0 Å². The van der Waals surface area contributed by atoms with Crippen molar-refractivity contribution >= 4 is 11.9 Å². The number of allylic oxidation sites excluding steroid dienone is 5. The standard InChI is InChI=1S/C59H104O15/c1-3-5-7-9-11-13-15-17-19-20-21-22-23-24-25-26-28-30-32-34-36-38-40-42-51(62)72-47(44-69-50(61)41-39-37-35-33-31-29-27-18-16-14-12-10-8-6-4-2)45-70-58-57(68)55(66)53(64)49(74-58)46-71-59-56(67)54(65)52(63)48(43-60)73-59/h16,26-28,34,36,47-49,52-60,63-68H,3-15,17,19-25,29-33,35,37-46H2,1-2H3/b28-26+,36-34+/t18?,47-,48+,49+,52-,53-,54?,55?,56?,57?,58+,59+/m1/s1. The van der Waals surface area contributed by atoms with Gasteiger partial charge in [0, 0.05) is 12.8 Å². The Labute approximate surface area is 446 Å². The number of carbonyl (C=O) groups is 2. The smallest absolute Gasteiger partial charge is 0.306 e. The van der Waals surface area contributed by atoms with Crippen molar-refractivity contribution in [3.63, 3.8) is 0 Å². The number of aliphatic hydroxyl groups excluding tert-OH is 7. The average Bonchev–Trinajstić information content (AvgIpc) is 3.39. The Morgan fingerprint density at radius 1 is 0.459 bits per heavy atom. The summed E-state index contributed by atoms with van der Waals surface area (Å²) in [5.41, 5.74) is 3.29. The van der Waals surface area contributed by atoms with Gasteiger partial charge in [0.1, 0.15) is 55.4 Å². The summed E-state index contributed by atoms with van der Waals surface area (Å²) in [7, 11) is 0. The Bertz CT molecular complexity index is 1480. The van der Waals surface area contributed by atoms with Crippen molar-refractivity contribution in [1.82, 2.24) is 0 Å². The van der Waals surface area contributed by atoms with Crippen LogP contribution in [0, 0.1) is 0 Å². The number of unbranched alkanes of at least 4 members (excludes halogenated alkanes) is 26. The molecule has 2 fully saturated rings. The van der Waals surface area contributed by atoms with Crippen LogP contribution in [0.25, 0.3) is 0 Å². The van der Waals surface area contributed by atoms with Gasteiger partial charge in [0.05, 0.1) is 19.8 Å². The van der Waals surface area contributed by atoms with Crippen molar-refractivity contribution in [2.75, 3.05) is 26.4 Å². The number of hydrogen-bond donors (Lipinski definition) is 7. The fraction of sp³-hybridized carbons (Fsp3) is 0.847. The fourth-order valence-electron chi connectivity index (χ4n) is 9.04. The summed E-state index contributed by atoms with van der Waals surface area (Å²) in [6, 6.07) is 0. The Kier molecular flexibility index (Phi) is 41.6. The maximum absolute atomic E-state index is 13.0. The molecule has 2 heterocycles. The van der Waals surface area contributed by atoms with Crippen LogP contribution in [0.2, 0.25) is 0 Å². The summed E-state index contributed by atoms with van der Waals surface area (Å²) >= 11 is 0. The van der Waals surface area contributed by atoms with Gasteiger partial charge in [0.15, 0.2) is 18.7 Å². The Hall–Kier alpha value is -2.50. The lowest BCUT2D eigenvalue weighted by Crippen LogP contribution is -2.61. The predicted molar refractivity (Wildman–Crippen MR) is 288 cm³/mol. The minimum atomic E-state index is -1.78. The zero-order valence-electron chi connectivity index (χ0n) is 45.9. The first-order chi connectivity index (χ1) is 36.0. The van der Waals surface area contributed by atoms with Gasteiger partial charge in [-0.05, 0) is 82.8 Å². The van der Waals surface area contributed by atoms with Gasteiger partial charge in [0.25, 0.3) is 0 Å². The number of rotatable bonds is 46. The molecule has 2 rings (SSSR count). The van der Waals surface area contributed by atoms with Crippen molar-refractivity contribution in [3.05, 3.63) is 42.2 Å². The minimum absolute atomic E-state index is 0.101. The molecule has 0 amide bonds. The van der Waals surface area contributed by atoms with E-state index in [4.69, 9.17) is 28.4 Å². The monoisotopic (exact) mass is 1050 g/mol. The van der Waals surface area contributed by atoms with Crippen LogP contribution in [0.3, 0.4) is 0 Å². The van der Waals surface area contributed by atoms with Crippen molar-refractivity contribution in [1.29, 1.82) is 0 Å². The molecule has 0 radical (unpaired) electrons. The second-order valence-electron chi connectivity index (χ2n) is 20.6. The van der Waals surface area contributed by atoms with E-state index >= 15 is 0 Å². The van der Waals surface area contributed by atoms with Crippen LogP contribution >= 0.6 is 0 Å². The average molecular weight is 1050 g/mol. The molecule has 0 aromatic rings. The summed E-state index contributed by atoms with van der Waals surface area (Å²) in [6.07, 6.45) is 32.5. The van der Waals surface area contributed by atoms with Crippen LogP contribution in [0.15, 0.2) is 42.2 Å². The van der Waals surface area contributed by atoms with E-state index in [9.17, 15) is 45.3 Å². The van der Waals surface area contributed by atoms with Gasteiger partial charge in [0.2, 0.25) is 0 Å². The van der Waals surface area contributed by atoms with Crippen molar-refractivity contribution in [2.24, 2.45) is 0 Å². The summed E-state index contributed by atoms with van der Waals surface area (Å²) < 4.78 is 33.6. The highest BCUT2D eigenvalue weighted by Crippen LogP contribution is 2.27. The molecular formula is C59H104O15. The molecule has 15 nitrogen and oxygen atoms in total. The maximum Gasteiger partial charge on any atom is 0.306 e. The summed E-state index contributed by atoms with van der Waals surface area (Å²) in [5, 5.41) is 72.2. The Balaban J connectivity index is 1.77. The van der Waals surface area contributed by atoms with E-state index < -0.39 is 99.3 Å². The second-order valence-corrected chi connectivity index (χ2v) is 20.6. The summed E-state index contributed by atoms with van der Waals surface area (Å²) in [4.78, 5) is 25.8. The topological polar surface area (TPSA) is 231 Å². The lowest BCUT2D eigenvalue weighted by molar-refractivity contribution is -0.332. The molecule has 11 atom stereocenters. The molecule has 2 aliphatic rings. The molecule has 15 heteroatoms. The highest BCUT2D eigenvalue weighted by atomic mass is 16.7. The zero-order valence-corrected chi connectivity index (χ0v) is 45.9. The van der Waals surface area contributed by atoms with Crippen LogP contribution in [0.4, 0.5) is 0 Å². The predicted octanol–water partition coefficient (Wildman–Crippen LogP) is 9.82. The lowest BCUT2D eigenvalue weighted by atomic mass is 9.98. The molecule has 2 aliphatic heterocycles. The fourth-order valence-corrected chi connectivity index (χ4v) is 9.04. The summed E-state index contributed by atoms with van der Waals surface area (Å²) in [5.74, 6) is -0.991. The van der Waals surface area contributed by atoms with E-state index in [0.29, 0.717) is 19.3 Å². The first-order valence-electron chi connectivity index (χ1n) is 29.3. The van der Waals surface area contributed by atoms with Crippen LogP contribution in [-0.2, 0) is 38.0 Å². The molecule has 0 aromatic carbocycles. The third-order valence-electron chi connectivity index (χ3n) is 13.8. The molecule has 0 aliphatic carbocycles. The third kappa shape index (κ3) is 32.3. The Morgan fingerprint density at radius 2 is 0.878 bits per heavy atom. The van der Waals surface area contributed by atoms with E-state index in [0.717, 1.165) is 57.8 Å². The quantitative estimate of drug-likeness (QED) is 0.0130. The van der Waals surface area contributed by atoms with Crippen LogP contribution in [0.1, 0.15) is 226 Å². The SMILES string of the molecule is CCCCCCCC=C=CCCCCCCCC(=O)OC[C@H](CO[C@H]1O[C@@H](CO[C@H]2O[C@@H](CO)[C@@H](O)C(O)C2O)[C@@H](O)C(O)C1O)OC(=O)CCC/C=C/CC/C=C/CCCCCCCCCCCCCCCC. The van der Waals surface area contributed by atoms with E-state index in [1.165, 1.54) is 122 Å². The Morgan fingerprint density at radius 3 is 1.41 bits per heavy atom. The van der Waals surface area contributed by atoms with E-state index in [-0.39, 0.29) is 19.4 Å². The number of aliphatic hydroxyl groups is 7. The molecule has 430 valence electrons.